The van der Waals surface area contributed by atoms with Gasteiger partial charge in [-0.05, 0) is 12.8 Å². The molecular weight excluding hydrogens is 180 g/mol. The average Bonchev–Trinajstić information content (AvgIpc) is 2.95. The number of carbonyl (C=O) groups excluding carboxylic acids is 1. The van der Waals surface area contributed by atoms with E-state index in [-0.39, 0.29) is 5.91 Å². The molecule has 0 aliphatic heterocycles. The molecule has 1 heterocycles. The molecule has 0 spiro atoms. The number of nitrogens with two attached hydrogens (primary N) is 1. The fourth-order valence-corrected chi connectivity index (χ4v) is 1.43. The molecule has 2 rings (SSSR count). The van der Waals surface area contributed by atoms with E-state index in [0.29, 0.717) is 17.4 Å². The highest BCUT2D eigenvalue weighted by Crippen LogP contribution is 2.27. The normalized spacial score (nSPS) is 15.6. The van der Waals surface area contributed by atoms with Crippen LogP contribution >= 0.6 is 0 Å². The number of anilines is 1. The lowest BCUT2D eigenvalue weighted by Crippen LogP contribution is -2.29. The Kier molecular flexibility index (Phi) is 1.94. The summed E-state index contributed by atoms with van der Waals surface area (Å²) in [6, 6.07) is 0.405. The third-order valence-corrected chi connectivity index (χ3v) is 2.63. The van der Waals surface area contributed by atoms with Crippen molar-refractivity contribution in [3.05, 3.63) is 11.8 Å². The monoisotopic (exact) mass is 194 g/mol. The molecule has 5 heteroatoms. The van der Waals surface area contributed by atoms with E-state index < -0.39 is 0 Å². The van der Waals surface area contributed by atoms with Crippen LogP contribution in [-0.2, 0) is 7.05 Å². The fourth-order valence-electron chi connectivity index (χ4n) is 1.43. The highest BCUT2D eigenvalue weighted by atomic mass is 16.2. The van der Waals surface area contributed by atoms with Crippen LogP contribution < -0.4 is 5.73 Å². The Morgan fingerprint density at radius 2 is 2.36 bits per heavy atom. The van der Waals surface area contributed by atoms with Crippen molar-refractivity contribution in [1.29, 1.82) is 0 Å². The number of hydrogen-bond donors (Lipinski definition) is 1. The van der Waals surface area contributed by atoms with Gasteiger partial charge in [0.2, 0.25) is 0 Å². The highest BCUT2D eigenvalue weighted by molar-refractivity contribution is 5.98. The van der Waals surface area contributed by atoms with Crippen molar-refractivity contribution in [1.82, 2.24) is 14.7 Å². The predicted molar refractivity (Wildman–Crippen MR) is 52.7 cm³/mol. The molecule has 1 aliphatic carbocycles. The van der Waals surface area contributed by atoms with E-state index in [9.17, 15) is 4.79 Å². The number of carbonyl (C=O) groups is 1. The third kappa shape index (κ3) is 1.34. The zero-order chi connectivity index (χ0) is 10.3. The highest BCUT2D eigenvalue weighted by Gasteiger charge is 2.31. The molecule has 1 aliphatic rings. The van der Waals surface area contributed by atoms with Gasteiger partial charge in [-0.3, -0.25) is 9.48 Å². The van der Waals surface area contributed by atoms with Crippen LogP contribution in [0.25, 0.3) is 0 Å². The van der Waals surface area contributed by atoms with Crippen molar-refractivity contribution < 1.29 is 4.79 Å². The molecule has 1 amide bonds. The molecular formula is C9H14N4O. The number of rotatable bonds is 2. The molecule has 1 aromatic rings. The molecule has 0 saturated heterocycles. The molecule has 2 N–H and O–H groups in total. The van der Waals surface area contributed by atoms with Crippen LogP contribution in [0.1, 0.15) is 23.2 Å². The SMILES string of the molecule is CN(C(=O)c1cnn(C)c1N)C1CC1. The largest absolute Gasteiger partial charge is 0.383 e. The summed E-state index contributed by atoms with van der Waals surface area (Å²) < 4.78 is 1.51. The van der Waals surface area contributed by atoms with E-state index in [1.165, 1.54) is 10.9 Å². The zero-order valence-electron chi connectivity index (χ0n) is 8.40. The van der Waals surface area contributed by atoms with Crippen molar-refractivity contribution in [3.63, 3.8) is 0 Å². The van der Waals surface area contributed by atoms with Crippen LogP contribution in [0.5, 0.6) is 0 Å². The molecule has 76 valence electrons. The molecule has 1 saturated carbocycles. The van der Waals surface area contributed by atoms with Gasteiger partial charge in [0, 0.05) is 20.1 Å². The fraction of sp³-hybridized carbons (Fsp3) is 0.556. The van der Waals surface area contributed by atoms with Gasteiger partial charge in [0.25, 0.3) is 5.91 Å². The van der Waals surface area contributed by atoms with Crippen LogP contribution in [0, 0.1) is 0 Å². The van der Waals surface area contributed by atoms with Crippen molar-refractivity contribution >= 4 is 11.7 Å². The van der Waals surface area contributed by atoms with Gasteiger partial charge in [-0.25, -0.2) is 0 Å². The first-order chi connectivity index (χ1) is 6.61. The van der Waals surface area contributed by atoms with Gasteiger partial charge in [0.15, 0.2) is 0 Å². The Balaban J connectivity index is 2.21. The summed E-state index contributed by atoms with van der Waals surface area (Å²) in [5.41, 5.74) is 6.22. The summed E-state index contributed by atoms with van der Waals surface area (Å²) in [4.78, 5) is 13.6. The quantitative estimate of drug-likeness (QED) is 0.733. The van der Waals surface area contributed by atoms with Crippen LogP contribution in [0.3, 0.4) is 0 Å². The Bertz CT molecular complexity index is 367. The van der Waals surface area contributed by atoms with E-state index in [0.717, 1.165) is 12.8 Å². The van der Waals surface area contributed by atoms with Crippen molar-refractivity contribution in [2.24, 2.45) is 7.05 Å². The number of aryl methyl sites for hydroxylation is 1. The lowest BCUT2D eigenvalue weighted by molar-refractivity contribution is 0.0786. The molecule has 1 fully saturated rings. The summed E-state index contributed by atoms with van der Waals surface area (Å²) in [5.74, 6) is 0.403. The molecule has 0 radical (unpaired) electrons. The molecule has 5 nitrogen and oxygen atoms in total. The summed E-state index contributed by atoms with van der Waals surface area (Å²) in [7, 11) is 3.54. The van der Waals surface area contributed by atoms with Gasteiger partial charge in [-0.1, -0.05) is 0 Å². The van der Waals surface area contributed by atoms with Gasteiger partial charge in [0.1, 0.15) is 11.4 Å². The minimum absolute atomic E-state index is 0.0295. The van der Waals surface area contributed by atoms with Crippen molar-refractivity contribution in [2.75, 3.05) is 12.8 Å². The predicted octanol–water partition coefficient (Wildman–Crippen LogP) is 0.237. The Labute approximate surface area is 82.5 Å². The molecule has 0 atom stereocenters. The average molecular weight is 194 g/mol. The molecule has 0 unspecified atom stereocenters. The first kappa shape index (κ1) is 9.05. The number of hydrogen-bond acceptors (Lipinski definition) is 3. The maximum Gasteiger partial charge on any atom is 0.259 e. The van der Waals surface area contributed by atoms with Gasteiger partial charge < -0.3 is 10.6 Å². The second kappa shape index (κ2) is 3.01. The van der Waals surface area contributed by atoms with Gasteiger partial charge in [-0.2, -0.15) is 5.10 Å². The van der Waals surface area contributed by atoms with E-state index in [1.54, 1.807) is 11.9 Å². The lowest BCUT2D eigenvalue weighted by atomic mass is 10.3. The first-order valence-corrected chi connectivity index (χ1v) is 4.66. The second-order valence-corrected chi connectivity index (χ2v) is 3.71. The number of amides is 1. The number of aromatic nitrogens is 2. The molecule has 14 heavy (non-hydrogen) atoms. The molecule has 0 bridgehead atoms. The minimum atomic E-state index is -0.0295. The number of nitrogen functional groups attached to an aromatic ring is 1. The van der Waals surface area contributed by atoms with E-state index in [2.05, 4.69) is 5.10 Å². The van der Waals surface area contributed by atoms with E-state index in [1.807, 2.05) is 7.05 Å². The van der Waals surface area contributed by atoms with Crippen LogP contribution in [0.4, 0.5) is 5.82 Å². The summed E-state index contributed by atoms with van der Waals surface area (Å²) in [5, 5.41) is 3.94. The standard InChI is InChI=1S/C9H14N4O/c1-12(6-3-4-6)9(14)7-5-11-13(2)8(7)10/h5-6H,3-4,10H2,1-2H3. The number of nitrogens with zero attached hydrogens (tertiary/aromatic N) is 3. The molecule has 0 aromatic carbocycles. The van der Waals surface area contributed by atoms with Crippen LogP contribution in [-0.4, -0.2) is 33.7 Å². The zero-order valence-corrected chi connectivity index (χ0v) is 8.40. The summed E-state index contributed by atoms with van der Waals surface area (Å²) in [6.07, 6.45) is 3.72. The van der Waals surface area contributed by atoms with Gasteiger partial charge in [0.05, 0.1) is 6.20 Å². The van der Waals surface area contributed by atoms with Crippen molar-refractivity contribution in [2.45, 2.75) is 18.9 Å². The topological polar surface area (TPSA) is 64.2 Å². The second-order valence-electron chi connectivity index (χ2n) is 3.71. The Morgan fingerprint density at radius 1 is 1.71 bits per heavy atom. The third-order valence-electron chi connectivity index (χ3n) is 2.63. The lowest BCUT2D eigenvalue weighted by Gasteiger charge is -2.15. The van der Waals surface area contributed by atoms with Crippen LogP contribution in [0.15, 0.2) is 6.20 Å². The van der Waals surface area contributed by atoms with Crippen molar-refractivity contribution in [3.8, 4) is 0 Å². The maximum atomic E-state index is 11.9. The summed E-state index contributed by atoms with van der Waals surface area (Å²) in [6.45, 7) is 0. The van der Waals surface area contributed by atoms with E-state index >= 15 is 0 Å². The van der Waals surface area contributed by atoms with E-state index in [4.69, 9.17) is 5.73 Å². The van der Waals surface area contributed by atoms with Gasteiger partial charge in [-0.15, -0.1) is 0 Å². The Morgan fingerprint density at radius 3 is 2.79 bits per heavy atom. The summed E-state index contributed by atoms with van der Waals surface area (Å²) >= 11 is 0. The van der Waals surface area contributed by atoms with Crippen LogP contribution in [0.2, 0.25) is 0 Å². The minimum Gasteiger partial charge on any atom is -0.383 e. The molecule has 1 aromatic heterocycles. The van der Waals surface area contributed by atoms with Gasteiger partial charge >= 0.3 is 0 Å². The Hall–Kier alpha value is -1.52. The smallest absolute Gasteiger partial charge is 0.259 e. The maximum absolute atomic E-state index is 11.9. The first-order valence-electron chi connectivity index (χ1n) is 4.66.